The van der Waals surface area contributed by atoms with E-state index in [2.05, 4.69) is 12.1 Å². The average Bonchev–Trinajstić information content (AvgIpc) is 2.50. The molecule has 0 aliphatic carbocycles. The van der Waals surface area contributed by atoms with E-state index in [9.17, 15) is 4.79 Å². The maximum atomic E-state index is 11.7. The predicted octanol–water partition coefficient (Wildman–Crippen LogP) is 3.38. The van der Waals surface area contributed by atoms with Gasteiger partial charge in [-0.1, -0.05) is 48.5 Å². The molecule has 3 nitrogen and oxygen atoms in total. The quantitative estimate of drug-likeness (QED) is 0.481. The molecule has 0 radical (unpaired) electrons. The molecule has 0 heterocycles. The molecule has 110 valence electrons. The molecule has 0 aromatic heterocycles. The van der Waals surface area contributed by atoms with Crippen LogP contribution in [-0.2, 0) is 22.4 Å². The molecule has 0 fully saturated rings. The first kappa shape index (κ1) is 15.1. The number of aryl methyl sites for hydroxylation is 1. The molecule has 2 aromatic carbocycles. The Balaban J connectivity index is 1.63. The Hall–Kier alpha value is -2.29. The number of esters is 1. The number of hydrogen-bond acceptors (Lipinski definition) is 3. The van der Waals surface area contributed by atoms with Crippen molar-refractivity contribution in [2.45, 2.75) is 25.7 Å². The summed E-state index contributed by atoms with van der Waals surface area (Å²) in [6, 6.07) is 17.7. The van der Waals surface area contributed by atoms with Gasteiger partial charge in [0.05, 0.1) is 13.0 Å². The van der Waals surface area contributed by atoms with Crippen molar-refractivity contribution in [3.05, 3.63) is 65.7 Å². The highest BCUT2D eigenvalue weighted by Gasteiger charge is 2.06. The van der Waals surface area contributed by atoms with Crippen LogP contribution in [0.15, 0.2) is 54.6 Å². The minimum absolute atomic E-state index is 0.215. The van der Waals surface area contributed by atoms with E-state index in [1.165, 1.54) is 5.56 Å². The normalized spacial score (nSPS) is 10.3. The van der Waals surface area contributed by atoms with Crippen LogP contribution in [0.5, 0.6) is 0 Å². The zero-order valence-corrected chi connectivity index (χ0v) is 12.1. The minimum Gasteiger partial charge on any atom is -0.465 e. The van der Waals surface area contributed by atoms with Gasteiger partial charge in [0.1, 0.15) is 0 Å². The Kier molecular flexibility index (Phi) is 5.83. The van der Waals surface area contributed by atoms with E-state index in [4.69, 9.17) is 10.5 Å². The number of nitrogens with two attached hydrogens (primary N) is 1. The molecule has 0 aliphatic heterocycles. The number of carbonyl (C=O) groups excluding carboxylic acids is 1. The van der Waals surface area contributed by atoms with Crippen LogP contribution in [0.2, 0.25) is 0 Å². The summed E-state index contributed by atoms with van der Waals surface area (Å²) >= 11 is 0. The van der Waals surface area contributed by atoms with Gasteiger partial charge in [0.2, 0.25) is 0 Å². The van der Waals surface area contributed by atoms with Gasteiger partial charge in [-0.15, -0.1) is 0 Å². The van der Waals surface area contributed by atoms with Crippen LogP contribution in [0.4, 0.5) is 5.69 Å². The lowest BCUT2D eigenvalue weighted by Gasteiger charge is -2.07. The molecule has 0 amide bonds. The number of nitrogen functional groups attached to an aromatic ring is 1. The number of ether oxygens (including phenoxy) is 1. The second kappa shape index (κ2) is 8.10. The number of carbonyl (C=O) groups is 1. The Morgan fingerprint density at radius 3 is 2.43 bits per heavy atom. The van der Waals surface area contributed by atoms with Crippen LogP contribution in [-0.4, -0.2) is 12.6 Å². The molecular formula is C18H21NO2. The smallest absolute Gasteiger partial charge is 0.310 e. The topological polar surface area (TPSA) is 52.3 Å². The first-order valence-electron chi connectivity index (χ1n) is 7.28. The molecule has 0 aliphatic rings. The lowest BCUT2D eigenvalue weighted by atomic mass is 10.1. The van der Waals surface area contributed by atoms with Gasteiger partial charge in [0, 0.05) is 5.69 Å². The number of anilines is 1. The Labute approximate surface area is 125 Å². The monoisotopic (exact) mass is 283 g/mol. The third kappa shape index (κ3) is 5.30. The number of hydrogen-bond donors (Lipinski definition) is 1. The summed E-state index contributed by atoms with van der Waals surface area (Å²) in [5.74, 6) is -0.215. The first-order valence-corrected chi connectivity index (χ1v) is 7.28. The van der Waals surface area contributed by atoms with Crippen LogP contribution >= 0.6 is 0 Å². The van der Waals surface area contributed by atoms with Gasteiger partial charge in [0.25, 0.3) is 0 Å². The van der Waals surface area contributed by atoms with Crippen molar-refractivity contribution in [1.82, 2.24) is 0 Å². The van der Waals surface area contributed by atoms with Crippen molar-refractivity contribution < 1.29 is 9.53 Å². The fourth-order valence-electron chi connectivity index (χ4n) is 2.16. The van der Waals surface area contributed by atoms with E-state index < -0.39 is 0 Å². The third-order valence-corrected chi connectivity index (χ3v) is 3.36. The molecule has 3 heteroatoms. The van der Waals surface area contributed by atoms with Crippen molar-refractivity contribution in [3.8, 4) is 0 Å². The molecule has 0 unspecified atom stereocenters. The van der Waals surface area contributed by atoms with Crippen molar-refractivity contribution in [2.75, 3.05) is 12.3 Å². The highest BCUT2D eigenvalue weighted by Crippen LogP contribution is 2.12. The standard InChI is InChI=1S/C18H21NO2/c19-17-12-5-4-11-16(17)14-18(20)21-13-7-6-10-15-8-2-1-3-9-15/h1-5,8-9,11-12H,6-7,10,13-14,19H2. The number of para-hydroxylation sites is 1. The second-order valence-corrected chi connectivity index (χ2v) is 5.04. The molecule has 0 bridgehead atoms. The molecule has 2 rings (SSSR count). The molecule has 2 aromatic rings. The van der Waals surface area contributed by atoms with Gasteiger partial charge in [-0.05, 0) is 36.5 Å². The molecular weight excluding hydrogens is 262 g/mol. The lowest BCUT2D eigenvalue weighted by molar-refractivity contribution is -0.142. The van der Waals surface area contributed by atoms with Crippen molar-refractivity contribution in [3.63, 3.8) is 0 Å². The van der Waals surface area contributed by atoms with Gasteiger partial charge in [-0.25, -0.2) is 0 Å². The van der Waals surface area contributed by atoms with E-state index in [1.807, 2.05) is 36.4 Å². The minimum atomic E-state index is -0.215. The van der Waals surface area contributed by atoms with Gasteiger partial charge in [-0.3, -0.25) is 4.79 Å². The van der Waals surface area contributed by atoms with Gasteiger partial charge < -0.3 is 10.5 Å². The van der Waals surface area contributed by atoms with Crippen molar-refractivity contribution in [2.24, 2.45) is 0 Å². The largest absolute Gasteiger partial charge is 0.465 e. The van der Waals surface area contributed by atoms with Crippen LogP contribution in [0.1, 0.15) is 24.0 Å². The fraction of sp³-hybridized carbons (Fsp3) is 0.278. The zero-order valence-electron chi connectivity index (χ0n) is 12.1. The molecule has 0 spiro atoms. The average molecular weight is 283 g/mol. The lowest BCUT2D eigenvalue weighted by Crippen LogP contribution is -2.10. The summed E-state index contributed by atoms with van der Waals surface area (Å²) in [5, 5.41) is 0. The fourth-order valence-corrected chi connectivity index (χ4v) is 2.16. The first-order chi connectivity index (χ1) is 10.3. The highest BCUT2D eigenvalue weighted by atomic mass is 16.5. The maximum absolute atomic E-state index is 11.7. The van der Waals surface area contributed by atoms with Crippen LogP contribution in [0, 0.1) is 0 Å². The summed E-state index contributed by atoms with van der Waals surface area (Å²) in [6.07, 6.45) is 3.16. The van der Waals surface area contributed by atoms with Crippen LogP contribution in [0.25, 0.3) is 0 Å². The SMILES string of the molecule is Nc1ccccc1CC(=O)OCCCCc1ccccc1. The molecule has 0 saturated heterocycles. The van der Waals surface area contributed by atoms with E-state index in [1.54, 1.807) is 6.07 Å². The maximum Gasteiger partial charge on any atom is 0.310 e. The summed E-state index contributed by atoms with van der Waals surface area (Å²) in [5.41, 5.74) is 8.59. The third-order valence-electron chi connectivity index (χ3n) is 3.36. The van der Waals surface area contributed by atoms with E-state index >= 15 is 0 Å². The second-order valence-electron chi connectivity index (χ2n) is 5.04. The number of rotatable bonds is 7. The summed E-state index contributed by atoms with van der Waals surface area (Å²) in [7, 11) is 0. The Morgan fingerprint density at radius 2 is 1.67 bits per heavy atom. The van der Waals surface area contributed by atoms with Gasteiger partial charge in [0.15, 0.2) is 0 Å². The molecule has 0 saturated carbocycles. The van der Waals surface area contributed by atoms with Crippen molar-refractivity contribution in [1.29, 1.82) is 0 Å². The highest BCUT2D eigenvalue weighted by molar-refractivity contribution is 5.74. The van der Waals surface area contributed by atoms with E-state index in [-0.39, 0.29) is 12.4 Å². The number of benzene rings is 2. The molecule has 0 atom stereocenters. The summed E-state index contributed by atoms with van der Waals surface area (Å²) in [4.78, 5) is 11.7. The predicted molar refractivity (Wildman–Crippen MR) is 84.9 cm³/mol. The summed E-state index contributed by atoms with van der Waals surface area (Å²) < 4.78 is 5.24. The Morgan fingerprint density at radius 1 is 0.952 bits per heavy atom. The van der Waals surface area contributed by atoms with Crippen molar-refractivity contribution >= 4 is 11.7 Å². The Bertz CT molecular complexity index is 566. The van der Waals surface area contributed by atoms with Gasteiger partial charge >= 0.3 is 5.97 Å². The molecule has 21 heavy (non-hydrogen) atoms. The molecule has 2 N–H and O–H groups in total. The van der Waals surface area contributed by atoms with E-state index in [0.29, 0.717) is 12.3 Å². The van der Waals surface area contributed by atoms with Gasteiger partial charge in [-0.2, -0.15) is 0 Å². The van der Waals surface area contributed by atoms with Crippen LogP contribution in [0.3, 0.4) is 0 Å². The van der Waals surface area contributed by atoms with Crippen LogP contribution < -0.4 is 5.73 Å². The summed E-state index contributed by atoms with van der Waals surface area (Å²) in [6.45, 7) is 0.471. The number of unbranched alkanes of at least 4 members (excludes halogenated alkanes) is 1. The van der Waals surface area contributed by atoms with E-state index in [0.717, 1.165) is 24.8 Å². The zero-order chi connectivity index (χ0) is 14.9.